The average Bonchev–Trinajstić information content (AvgIpc) is 2.79. The number of para-hydroxylation sites is 1. The maximum absolute atomic E-state index is 12.3. The lowest BCUT2D eigenvalue weighted by Gasteiger charge is -2.25. The molecule has 0 saturated heterocycles. The van der Waals surface area contributed by atoms with Crippen LogP contribution < -0.4 is 4.74 Å². The van der Waals surface area contributed by atoms with Crippen LogP contribution in [0.1, 0.15) is 18.4 Å². The SMILES string of the molecule is CC(CBr)N(C)C(=O)C1COc2ccccc21. The zero-order valence-corrected chi connectivity index (χ0v) is 11.6. The van der Waals surface area contributed by atoms with E-state index in [0.717, 1.165) is 16.6 Å². The number of ether oxygens (including phenoxy) is 1. The smallest absolute Gasteiger partial charge is 0.233 e. The van der Waals surface area contributed by atoms with Crippen LogP contribution in [0.4, 0.5) is 0 Å². The number of rotatable bonds is 3. The predicted octanol–water partition coefficient (Wildman–Crippen LogP) is 2.40. The van der Waals surface area contributed by atoms with Crippen LogP contribution in [0, 0.1) is 0 Å². The van der Waals surface area contributed by atoms with E-state index in [1.807, 2.05) is 38.2 Å². The van der Waals surface area contributed by atoms with Crippen molar-refractivity contribution in [2.45, 2.75) is 18.9 Å². The second-order valence-electron chi connectivity index (χ2n) is 4.35. The Balaban J connectivity index is 2.18. The predicted molar refractivity (Wildman–Crippen MR) is 70.7 cm³/mol. The van der Waals surface area contributed by atoms with E-state index in [2.05, 4.69) is 15.9 Å². The highest BCUT2D eigenvalue weighted by Gasteiger charge is 2.33. The number of likely N-dealkylation sites (N-methyl/N-ethyl adjacent to an activating group) is 1. The van der Waals surface area contributed by atoms with Crippen LogP contribution in [0.15, 0.2) is 24.3 Å². The highest BCUT2D eigenvalue weighted by Crippen LogP contribution is 2.34. The summed E-state index contributed by atoms with van der Waals surface area (Å²) in [6.07, 6.45) is 0. The zero-order valence-electron chi connectivity index (χ0n) is 10.0. The number of amides is 1. The van der Waals surface area contributed by atoms with E-state index in [1.165, 1.54) is 0 Å². The number of carbonyl (C=O) groups excluding carboxylic acids is 1. The van der Waals surface area contributed by atoms with Gasteiger partial charge in [-0.15, -0.1) is 0 Å². The zero-order chi connectivity index (χ0) is 12.4. The van der Waals surface area contributed by atoms with Gasteiger partial charge in [0.15, 0.2) is 0 Å². The number of nitrogens with zero attached hydrogens (tertiary/aromatic N) is 1. The fraction of sp³-hybridized carbons (Fsp3) is 0.462. The summed E-state index contributed by atoms with van der Waals surface area (Å²) in [6, 6.07) is 7.95. The lowest BCUT2D eigenvalue weighted by molar-refractivity contribution is -0.133. The summed E-state index contributed by atoms with van der Waals surface area (Å²) in [4.78, 5) is 14.1. The lowest BCUT2D eigenvalue weighted by Crippen LogP contribution is -2.39. The molecule has 0 saturated carbocycles. The van der Waals surface area contributed by atoms with Gasteiger partial charge in [0, 0.05) is 24.0 Å². The van der Waals surface area contributed by atoms with Crippen LogP contribution in [-0.2, 0) is 4.79 Å². The average molecular weight is 298 g/mol. The Bertz CT molecular complexity index is 422. The first-order valence-electron chi connectivity index (χ1n) is 5.69. The lowest BCUT2D eigenvalue weighted by atomic mass is 9.99. The molecule has 92 valence electrons. The van der Waals surface area contributed by atoms with Gasteiger partial charge >= 0.3 is 0 Å². The number of fused-ring (bicyclic) bond motifs is 1. The Hall–Kier alpha value is -1.03. The van der Waals surface area contributed by atoms with Crippen molar-refractivity contribution in [2.24, 2.45) is 0 Å². The first-order valence-corrected chi connectivity index (χ1v) is 6.81. The molecule has 1 aromatic rings. The van der Waals surface area contributed by atoms with E-state index in [-0.39, 0.29) is 17.9 Å². The maximum Gasteiger partial charge on any atom is 0.233 e. The van der Waals surface area contributed by atoms with E-state index in [4.69, 9.17) is 4.74 Å². The molecule has 1 aromatic carbocycles. The molecule has 0 aliphatic carbocycles. The number of halogens is 1. The van der Waals surface area contributed by atoms with Gasteiger partial charge in [-0.25, -0.2) is 0 Å². The van der Waals surface area contributed by atoms with E-state index in [9.17, 15) is 4.79 Å². The van der Waals surface area contributed by atoms with Gasteiger partial charge in [0.2, 0.25) is 5.91 Å². The molecule has 17 heavy (non-hydrogen) atoms. The Labute approximate surface area is 110 Å². The molecule has 1 amide bonds. The molecular formula is C13H16BrNO2. The number of hydrogen-bond acceptors (Lipinski definition) is 2. The summed E-state index contributed by atoms with van der Waals surface area (Å²) in [5.74, 6) is 0.811. The Kier molecular flexibility index (Phi) is 3.72. The Morgan fingerprint density at radius 2 is 2.29 bits per heavy atom. The van der Waals surface area contributed by atoms with Gasteiger partial charge < -0.3 is 9.64 Å². The summed E-state index contributed by atoms with van der Waals surface area (Å²) < 4.78 is 5.54. The van der Waals surface area contributed by atoms with Gasteiger partial charge in [0.05, 0.1) is 0 Å². The third-order valence-corrected chi connectivity index (χ3v) is 4.17. The molecule has 0 spiro atoms. The van der Waals surface area contributed by atoms with Gasteiger partial charge in [-0.2, -0.15) is 0 Å². The summed E-state index contributed by atoms with van der Waals surface area (Å²) in [7, 11) is 1.84. The van der Waals surface area contributed by atoms with Crippen LogP contribution in [0.25, 0.3) is 0 Å². The summed E-state index contributed by atoms with van der Waals surface area (Å²) in [5.41, 5.74) is 1.01. The largest absolute Gasteiger partial charge is 0.492 e. The van der Waals surface area contributed by atoms with Crippen molar-refractivity contribution >= 4 is 21.8 Å². The molecule has 2 rings (SSSR count). The molecule has 0 fully saturated rings. The van der Waals surface area contributed by atoms with Gasteiger partial charge in [-0.1, -0.05) is 34.1 Å². The monoisotopic (exact) mass is 297 g/mol. The second-order valence-corrected chi connectivity index (χ2v) is 5.00. The fourth-order valence-corrected chi connectivity index (χ4v) is 2.37. The first-order chi connectivity index (χ1) is 8.15. The highest BCUT2D eigenvalue weighted by molar-refractivity contribution is 9.09. The van der Waals surface area contributed by atoms with E-state index >= 15 is 0 Å². The topological polar surface area (TPSA) is 29.5 Å². The van der Waals surface area contributed by atoms with Crippen molar-refractivity contribution in [3.05, 3.63) is 29.8 Å². The van der Waals surface area contributed by atoms with E-state index in [0.29, 0.717) is 6.61 Å². The Morgan fingerprint density at radius 1 is 1.59 bits per heavy atom. The van der Waals surface area contributed by atoms with Gasteiger partial charge in [-0.05, 0) is 13.0 Å². The second kappa shape index (κ2) is 5.08. The van der Waals surface area contributed by atoms with Crippen molar-refractivity contribution in [3.8, 4) is 5.75 Å². The van der Waals surface area contributed by atoms with E-state index in [1.54, 1.807) is 4.90 Å². The third-order valence-electron chi connectivity index (χ3n) is 3.23. The third kappa shape index (κ3) is 2.32. The quantitative estimate of drug-likeness (QED) is 0.802. The van der Waals surface area contributed by atoms with Crippen molar-refractivity contribution in [2.75, 3.05) is 19.0 Å². The molecule has 4 heteroatoms. The number of hydrogen-bond donors (Lipinski definition) is 0. The first kappa shape index (κ1) is 12.4. The van der Waals surface area contributed by atoms with E-state index < -0.39 is 0 Å². The summed E-state index contributed by atoms with van der Waals surface area (Å²) in [6.45, 7) is 2.48. The molecule has 0 aromatic heterocycles. The Morgan fingerprint density at radius 3 is 3.00 bits per heavy atom. The minimum Gasteiger partial charge on any atom is -0.492 e. The molecule has 2 atom stereocenters. The molecule has 0 radical (unpaired) electrons. The summed E-state index contributed by atoms with van der Waals surface area (Å²) in [5, 5.41) is 0.782. The number of benzene rings is 1. The minimum absolute atomic E-state index is 0.127. The van der Waals surface area contributed by atoms with Crippen molar-refractivity contribution in [1.29, 1.82) is 0 Å². The number of alkyl halides is 1. The molecular weight excluding hydrogens is 282 g/mol. The molecule has 1 aliphatic rings. The van der Waals surface area contributed by atoms with Crippen LogP contribution in [0.2, 0.25) is 0 Å². The molecule has 1 aliphatic heterocycles. The standard InChI is InChI=1S/C13H16BrNO2/c1-9(7-14)15(2)13(16)11-8-17-12-6-4-3-5-10(11)12/h3-6,9,11H,7-8H2,1-2H3. The molecule has 3 nitrogen and oxygen atoms in total. The maximum atomic E-state index is 12.3. The minimum atomic E-state index is -0.155. The molecule has 0 bridgehead atoms. The van der Waals surface area contributed by atoms with Gasteiger partial charge in [0.25, 0.3) is 0 Å². The van der Waals surface area contributed by atoms with Gasteiger partial charge in [-0.3, -0.25) is 4.79 Å². The molecule has 1 heterocycles. The van der Waals surface area contributed by atoms with Crippen LogP contribution in [0.3, 0.4) is 0 Å². The molecule has 0 N–H and O–H groups in total. The van der Waals surface area contributed by atoms with Crippen molar-refractivity contribution < 1.29 is 9.53 Å². The normalized spacial score (nSPS) is 19.4. The highest BCUT2D eigenvalue weighted by atomic mass is 79.9. The number of carbonyl (C=O) groups is 1. The van der Waals surface area contributed by atoms with Gasteiger partial charge in [0.1, 0.15) is 18.3 Å². The van der Waals surface area contributed by atoms with Crippen molar-refractivity contribution in [1.82, 2.24) is 4.90 Å². The molecule has 2 unspecified atom stereocenters. The van der Waals surface area contributed by atoms with Crippen LogP contribution in [0.5, 0.6) is 5.75 Å². The summed E-state index contributed by atoms with van der Waals surface area (Å²) >= 11 is 3.40. The van der Waals surface area contributed by atoms with Crippen LogP contribution >= 0.6 is 15.9 Å². The van der Waals surface area contributed by atoms with Crippen molar-refractivity contribution in [3.63, 3.8) is 0 Å². The fourth-order valence-electron chi connectivity index (χ4n) is 1.93. The van der Waals surface area contributed by atoms with Crippen LogP contribution in [-0.4, -0.2) is 35.8 Å².